The molecule has 0 aromatic heterocycles. The molecule has 0 aromatic rings. The van der Waals surface area contributed by atoms with Gasteiger partial charge in [0.05, 0.1) is 0 Å². The third-order valence-corrected chi connectivity index (χ3v) is 2.62. The van der Waals surface area contributed by atoms with Gasteiger partial charge in [0.25, 0.3) is 0 Å². The summed E-state index contributed by atoms with van der Waals surface area (Å²) in [6, 6.07) is 0.619. The van der Waals surface area contributed by atoms with Crippen LogP contribution in [0.15, 0.2) is 12.2 Å². The van der Waals surface area contributed by atoms with Crippen molar-refractivity contribution < 1.29 is 0 Å². The molecular weight excluding hydrogens is 172 g/mol. The molecule has 1 aliphatic rings. The van der Waals surface area contributed by atoms with Crippen LogP contribution in [0.3, 0.4) is 0 Å². The molecule has 0 atom stereocenters. The molecular formula is C12H24N2. The van der Waals surface area contributed by atoms with Gasteiger partial charge in [-0.15, -0.1) is 0 Å². The van der Waals surface area contributed by atoms with Crippen molar-refractivity contribution in [1.82, 2.24) is 10.6 Å². The van der Waals surface area contributed by atoms with Crippen LogP contribution in [0, 0.1) is 5.92 Å². The van der Waals surface area contributed by atoms with Crippen molar-refractivity contribution in [2.24, 2.45) is 5.92 Å². The second-order valence-electron chi connectivity index (χ2n) is 4.48. The molecule has 0 saturated heterocycles. The summed E-state index contributed by atoms with van der Waals surface area (Å²) in [6.07, 6.45) is 8.38. The standard InChI is InChI=1S/C12H24N2/c1-11(2)14-9-5-8-13-10-12-6-3-4-7-12/h3-4,11-14H,5-10H2,1-2H3. The Kier molecular flexibility index (Phi) is 5.88. The van der Waals surface area contributed by atoms with Gasteiger partial charge in [0.15, 0.2) is 0 Å². The first-order valence-corrected chi connectivity index (χ1v) is 5.88. The highest BCUT2D eigenvalue weighted by molar-refractivity contribution is 4.94. The van der Waals surface area contributed by atoms with Crippen molar-refractivity contribution in [1.29, 1.82) is 0 Å². The molecule has 14 heavy (non-hydrogen) atoms. The lowest BCUT2D eigenvalue weighted by molar-refractivity contribution is 0.485. The minimum absolute atomic E-state index is 0.619. The van der Waals surface area contributed by atoms with Gasteiger partial charge in [-0.2, -0.15) is 0 Å². The highest BCUT2D eigenvalue weighted by Crippen LogP contribution is 2.15. The number of nitrogens with one attached hydrogen (secondary N) is 2. The molecule has 2 N–H and O–H groups in total. The van der Waals surface area contributed by atoms with Crippen LogP contribution in [0.2, 0.25) is 0 Å². The fourth-order valence-corrected chi connectivity index (χ4v) is 1.75. The van der Waals surface area contributed by atoms with E-state index in [1.807, 2.05) is 0 Å². The zero-order valence-corrected chi connectivity index (χ0v) is 9.55. The monoisotopic (exact) mass is 196 g/mol. The van der Waals surface area contributed by atoms with Crippen molar-refractivity contribution in [3.63, 3.8) is 0 Å². The highest BCUT2D eigenvalue weighted by atomic mass is 14.9. The summed E-state index contributed by atoms with van der Waals surface area (Å²) in [5.74, 6) is 0.869. The largest absolute Gasteiger partial charge is 0.316 e. The topological polar surface area (TPSA) is 24.1 Å². The van der Waals surface area contributed by atoms with E-state index in [1.54, 1.807) is 0 Å². The zero-order valence-electron chi connectivity index (χ0n) is 9.55. The Hall–Kier alpha value is -0.340. The second-order valence-corrected chi connectivity index (χ2v) is 4.48. The molecule has 82 valence electrons. The van der Waals surface area contributed by atoms with Gasteiger partial charge in [0, 0.05) is 6.04 Å². The summed E-state index contributed by atoms with van der Waals surface area (Å²) in [7, 11) is 0. The van der Waals surface area contributed by atoms with Crippen molar-refractivity contribution in [3.8, 4) is 0 Å². The molecule has 0 heterocycles. The number of hydrogen-bond donors (Lipinski definition) is 2. The van der Waals surface area contributed by atoms with Crippen LogP contribution in [-0.2, 0) is 0 Å². The van der Waals surface area contributed by atoms with Crippen LogP contribution in [0.25, 0.3) is 0 Å². The average molecular weight is 196 g/mol. The Bertz CT molecular complexity index is 156. The molecule has 1 aliphatic carbocycles. The van der Waals surface area contributed by atoms with Crippen LogP contribution in [-0.4, -0.2) is 25.7 Å². The summed E-state index contributed by atoms with van der Waals surface area (Å²) < 4.78 is 0. The second kappa shape index (κ2) is 7.02. The van der Waals surface area contributed by atoms with Crippen LogP contribution in [0.4, 0.5) is 0 Å². The minimum Gasteiger partial charge on any atom is -0.316 e. The molecule has 0 amide bonds. The SMILES string of the molecule is CC(C)NCCCNCC1CC=CC1. The summed E-state index contributed by atoms with van der Waals surface area (Å²) in [5.41, 5.74) is 0. The molecule has 1 rings (SSSR count). The Labute approximate surface area is 88.2 Å². The minimum atomic E-state index is 0.619. The fraction of sp³-hybridized carbons (Fsp3) is 0.833. The maximum atomic E-state index is 3.52. The molecule has 0 radical (unpaired) electrons. The number of hydrogen-bond acceptors (Lipinski definition) is 2. The first kappa shape index (κ1) is 11.7. The maximum Gasteiger partial charge on any atom is 0.00103 e. The molecule has 0 saturated carbocycles. The van der Waals surface area contributed by atoms with E-state index < -0.39 is 0 Å². The van der Waals surface area contributed by atoms with Crippen molar-refractivity contribution >= 4 is 0 Å². The lowest BCUT2D eigenvalue weighted by atomic mass is 10.1. The van der Waals surface area contributed by atoms with Gasteiger partial charge in [-0.05, 0) is 44.8 Å². The zero-order chi connectivity index (χ0) is 10.2. The smallest absolute Gasteiger partial charge is 0.00103 e. The fourth-order valence-electron chi connectivity index (χ4n) is 1.75. The van der Waals surface area contributed by atoms with Gasteiger partial charge in [-0.3, -0.25) is 0 Å². The quantitative estimate of drug-likeness (QED) is 0.480. The predicted molar refractivity (Wildman–Crippen MR) is 62.5 cm³/mol. The number of rotatable bonds is 7. The molecule has 2 heteroatoms. The maximum absolute atomic E-state index is 3.52. The summed E-state index contributed by atoms with van der Waals surface area (Å²) in [6.45, 7) is 7.85. The van der Waals surface area contributed by atoms with E-state index in [4.69, 9.17) is 0 Å². The van der Waals surface area contributed by atoms with Gasteiger partial charge < -0.3 is 10.6 Å². The highest BCUT2D eigenvalue weighted by Gasteiger charge is 2.08. The van der Waals surface area contributed by atoms with E-state index >= 15 is 0 Å². The predicted octanol–water partition coefficient (Wildman–Crippen LogP) is 1.93. The average Bonchev–Trinajstić information content (AvgIpc) is 2.63. The summed E-state index contributed by atoms with van der Waals surface area (Å²) >= 11 is 0. The van der Waals surface area contributed by atoms with Gasteiger partial charge in [0.2, 0.25) is 0 Å². The van der Waals surface area contributed by atoms with Gasteiger partial charge in [-0.1, -0.05) is 26.0 Å². The third-order valence-electron chi connectivity index (χ3n) is 2.62. The van der Waals surface area contributed by atoms with Crippen molar-refractivity contribution in [3.05, 3.63) is 12.2 Å². The lowest BCUT2D eigenvalue weighted by Crippen LogP contribution is -2.28. The molecule has 0 aliphatic heterocycles. The van der Waals surface area contributed by atoms with E-state index in [-0.39, 0.29) is 0 Å². The first-order valence-electron chi connectivity index (χ1n) is 5.88. The van der Waals surface area contributed by atoms with E-state index in [2.05, 4.69) is 36.6 Å². The molecule has 2 nitrogen and oxygen atoms in total. The lowest BCUT2D eigenvalue weighted by Gasteiger charge is -2.11. The van der Waals surface area contributed by atoms with Gasteiger partial charge >= 0.3 is 0 Å². The Morgan fingerprint density at radius 2 is 1.93 bits per heavy atom. The molecule has 0 spiro atoms. The van der Waals surface area contributed by atoms with Crippen LogP contribution in [0.1, 0.15) is 33.1 Å². The van der Waals surface area contributed by atoms with E-state index in [1.165, 1.54) is 25.8 Å². The van der Waals surface area contributed by atoms with Gasteiger partial charge in [-0.25, -0.2) is 0 Å². The normalized spacial score (nSPS) is 17.1. The Morgan fingerprint density at radius 3 is 2.57 bits per heavy atom. The van der Waals surface area contributed by atoms with E-state index in [0.29, 0.717) is 6.04 Å². The van der Waals surface area contributed by atoms with Crippen molar-refractivity contribution in [2.45, 2.75) is 39.2 Å². The van der Waals surface area contributed by atoms with Crippen LogP contribution < -0.4 is 10.6 Å². The van der Waals surface area contributed by atoms with E-state index in [9.17, 15) is 0 Å². The number of allylic oxidation sites excluding steroid dienone is 2. The third kappa shape index (κ3) is 5.40. The molecule has 0 bridgehead atoms. The first-order chi connectivity index (χ1) is 6.79. The van der Waals surface area contributed by atoms with Gasteiger partial charge in [0.1, 0.15) is 0 Å². The Balaban J connectivity index is 1.80. The molecule has 0 fully saturated rings. The van der Waals surface area contributed by atoms with Crippen LogP contribution >= 0.6 is 0 Å². The van der Waals surface area contributed by atoms with E-state index in [0.717, 1.165) is 19.0 Å². The van der Waals surface area contributed by atoms with Crippen LogP contribution in [0.5, 0.6) is 0 Å². The molecule has 0 unspecified atom stereocenters. The summed E-state index contributed by atoms with van der Waals surface area (Å²) in [5, 5.41) is 6.94. The van der Waals surface area contributed by atoms with Crippen molar-refractivity contribution in [2.75, 3.05) is 19.6 Å². The summed E-state index contributed by atoms with van der Waals surface area (Å²) in [4.78, 5) is 0. The molecule has 0 aromatic carbocycles. The Morgan fingerprint density at radius 1 is 1.21 bits per heavy atom.